The first kappa shape index (κ1) is 24.6. The second-order valence-electron chi connectivity index (χ2n) is 9.79. The third-order valence-corrected chi connectivity index (χ3v) is 6.75. The lowest BCUT2D eigenvalue weighted by Gasteiger charge is -2.23. The zero-order chi connectivity index (χ0) is 25.9. The van der Waals surface area contributed by atoms with Crippen molar-refractivity contribution in [3.8, 4) is 11.1 Å². The summed E-state index contributed by atoms with van der Waals surface area (Å²) in [5.74, 6) is -0.578. The van der Waals surface area contributed by atoms with Gasteiger partial charge in [-0.15, -0.1) is 0 Å². The maximum Gasteiger partial charge on any atom is 0.338 e. The van der Waals surface area contributed by atoms with Gasteiger partial charge in [0.05, 0.1) is 16.9 Å². The largest absolute Gasteiger partial charge is 0.461 e. The Balaban J connectivity index is 1.53. The van der Waals surface area contributed by atoms with Crippen LogP contribution in [-0.4, -0.2) is 61.6 Å². The third-order valence-electron chi connectivity index (χ3n) is 6.75. The number of nitrogens with one attached hydrogen (secondary N) is 2. The van der Waals surface area contributed by atoms with E-state index in [4.69, 9.17) is 4.74 Å². The van der Waals surface area contributed by atoms with E-state index in [-0.39, 0.29) is 18.6 Å². The molecule has 0 spiro atoms. The Bertz CT molecular complexity index is 1440. The Morgan fingerprint density at radius 2 is 1.89 bits per heavy atom. The number of aromatic nitrogens is 1. The molecule has 1 atom stereocenters. The van der Waals surface area contributed by atoms with Gasteiger partial charge in [0.2, 0.25) is 0 Å². The van der Waals surface area contributed by atoms with Crippen LogP contribution in [0.4, 0.5) is 11.4 Å². The topological polar surface area (TPSA) is 77.7 Å². The van der Waals surface area contributed by atoms with Crippen molar-refractivity contribution in [2.75, 3.05) is 44.0 Å². The van der Waals surface area contributed by atoms with Gasteiger partial charge in [0.25, 0.3) is 5.91 Å². The number of para-hydroxylation sites is 2. The maximum atomic E-state index is 13.8. The molecule has 0 saturated carbocycles. The number of fused-ring (bicyclic) bond motifs is 2. The van der Waals surface area contributed by atoms with E-state index in [1.54, 1.807) is 17.0 Å². The van der Waals surface area contributed by atoms with Crippen LogP contribution in [0.15, 0.2) is 72.9 Å². The van der Waals surface area contributed by atoms with Gasteiger partial charge in [-0.05, 0) is 86.4 Å². The molecule has 0 aliphatic carbocycles. The molecule has 4 aromatic rings. The quantitative estimate of drug-likeness (QED) is 0.349. The molecule has 1 amide bonds. The molecule has 0 bridgehead atoms. The number of rotatable bonds is 6. The van der Waals surface area contributed by atoms with Crippen molar-refractivity contribution in [3.05, 3.63) is 84.1 Å². The van der Waals surface area contributed by atoms with Crippen LogP contribution in [0.1, 0.15) is 34.1 Å². The molecule has 1 aromatic heterocycles. The third kappa shape index (κ3) is 5.22. The van der Waals surface area contributed by atoms with Gasteiger partial charge in [-0.1, -0.05) is 24.3 Å². The normalized spacial score (nSPS) is 15.2. The second kappa shape index (κ2) is 10.5. The van der Waals surface area contributed by atoms with Gasteiger partial charge >= 0.3 is 5.97 Å². The van der Waals surface area contributed by atoms with Crippen molar-refractivity contribution in [1.82, 2.24) is 9.88 Å². The Hall–Kier alpha value is -4.10. The summed E-state index contributed by atoms with van der Waals surface area (Å²) < 4.78 is 5.62. The van der Waals surface area contributed by atoms with Crippen LogP contribution in [0, 0.1) is 0 Å². The smallest absolute Gasteiger partial charge is 0.338 e. The number of benzene rings is 3. The van der Waals surface area contributed by atoms with Gasteiger partial charge < -0.3 is 24.8 Å². The van der Waals surface area contributed by atoms with Crippen molar-refractivity contribution < 1.29 is 14.3 Å². The number of nitrogens with zero attached hydrogens (tertiary/aromatic N) is 2. The molecule has 37 heavy (non-hydrogen) atoms. The molecule has 2 N–H and O–H groups in total. The average Bonchev–Trinajstić information content (AvgIpc) is 3.29. The molecule has 3 aromatic carbocycles. The minimum absolute atomic E-state index is 0.140. The van der Waals surface area contributed by atoms with E-state index in [9.17, 15) is 9.59 Å². The predicted octanol–water partition coefficient (Wildman–Crippen LogP) is 5.40. The number of anilines is 2. The van der Waals surface area contributed by atoms with E-state index in [1.165, 1.54) is 0 Å². The molecule has 7 nitrogen and oxygen atoms in total. The van der Waals surface area contributed by atoms with E-state index >= 15 is 0 Å². The molecule has 1 aliphatic heterocycles. The van der Waals surface area contributed by atoms with Gasteiger partial charge in [-0.25, -0.2) is 4.79 Å². The Labute approximate surface area is 217 Å². The molecule has 0 saturated heterocycles. The van der Waals surface area contributed by atoms with Crippen LogP contribution in [0.3, 0.4) is 0 Å². The molecule has 5 rings (SSSR count). The number of hydrogen-bond acceptors (Lipinski definition) is 5. The highest BCUT2D eigenvalue weighted by Crippen LogP contribution is 2.33. The van der Waals surface area contributed by atoms with E-state index in [1.807, 2.05) is 79.8 Å². The number of amides is 1. The molecule has 7 heteroatoms. The molecule has 0 unspecified atom stereocenters. The number of likely N-dealkylation sites (N-methyl/N-ethyl adjacent to an activating group) is 1. The number of carbonyl (C=O) groups excluding carboxylic acids is 2. The van der Waals surface area contributed by atoms with Crippen LogP contribution in [-0.2, 0) is 4.74 Å². The zero-order valence-corrected chi connectivity index (χ0v) is 21.5. The fourth-order valence-electron chi connectivity index (χ4n) is 4.70. The van der Waals surface area contributed by atoms with E-state index in [0.717, 1.165) is 39.8 Å². The standard InChI is InChI=1S/C30H32N4O3/c1-20-13-15-34(28-7-5-4-6-27(28)32-20)29(35)23-8-10-24(21-9-11-26-22(18-21)12-14-31-26)25(19-23)30(36)37-17-16-33(2)3/h4-12,14,18-20,31-32H,13,15-17H2,1-3H3/t20-/m0/s1. The SMILES string of the molecule is C[C@H]1CCN(C(=O)c2ccc(-c3ccc4[nH]ccc4c3)c(C(=O)OCCN(C)C)c2)c2ccccc2N1. The van der Waals surface area contributed by atoms with Crippen molar-refractivity contribution in [1.29, 1.82) is 0 Å². The second-order valence-corrected chi connectivity index (χ2v) is 9.79. The van der Waals surface area contributed by atoms with Gasteiger partial charge in [0.15, 0.2) is 0 Å². The number of esters is 1. The molecule has 2 heterocycles. The van der Waals surface area contributed by atoms with Crippen LogP contribution < -0.4 is 10.2 Å². The van der Waals surface area contributed by atoms with Crippen molar-refractivity contribution in [2.45, 2.75) is 19.4 Å². The molecule has 1 aliphatic rings. The van der Waals surface area contributed by atoms with Crippen LogP contribution in [0.25, 0.3) is 22.0 Å². The first-order valence-corrected chi connectivity index (χ1v) is 12.6. The lowest BCUT2D eigenvalue weighted by atomic mass is 9.96. The minimum Gasteiger partial charge on any atom is -0.461 e. The summed E-state index contributed by atoms with van der Waals surface area (Å²) in [6, 6.07) is 21.4. The summed E-state index contributed by atoms with van der Waals surface area (Å²) >= 11 is 0. The average molecular weight is 497 g/mol. The number of H-pyrrole nitrogens is 1. The van der Waals surface area contributed by atoms with Gasteiger partial charge in [0, 0.05) is 36.4 Å². The van der Waals surface area contributed by atoms with Crippen molar-refractivity contribution >= 4 is 34.2 Å². The number of aromatic amines is 1. The fraction of sp³-hybridized carbons (Fsp3) is 0.267. The molecular weight excluding hydrogens is 464 g/mol. The van der Waals surface area contributed by atoms with E-state index in [0.29, 0.717) is 24.2 Å². The van der Waals surface area contributed by atoms with Gasteiger partial charge in [-0.3, -0.25) is 4.79 Å². The van der Waals surface area contributed by atoms with E-state index in [2.05, 4.69) is 17.2 Å². The minimum atomic E-state index is -0.438. The summed E-state index contributed by atoms with van der Waals surface area (Å²) in [6.45, 7) is 3.58. The molecule has 0 fully saturated rings. The van der Waals surface area contributed by atoms with Crippen LogP contribution in [0.2, 0.25) is 0 Å². The highest BCUT2D eigenvalue weighted by atomic mass is 16.5. The van der Waals surface area contributed by atoms with Gasteiger partial charge in [0.1, 0.15) is 6.61 Å². The van der Waals surface area contributed by atoms with Gasteiger partial charge in [-0.2, -0.15) is 0 Å². The highest BCUT2D eigenvalue weighted by molar-refractivity contribution is 6.10. The first-order valence-electron chi connectivity index (χ1n) is 12.6. The van der Waals surface area contributed by atoms with Crippen LogP contribution >= 0.6 is 0 Å². The fourth-order valence-corrected chi connectivity index (χ4v) is 4.70. The van der Waals surface area contributed by atoms with Crippen LogP contribution in [0.5, 0.6) is 0 Å². The lowest BCUT2D eigenvalue weighted by Crippen LogP contribution is -2.32. The summed E-state index contributed by atoms with van der Waals surface area (Å²) in [5, 5.41) is 4.54. The lowest BCUT2D eigenvalue weighted by molar-refractivity contribution is 0.0482. The summed E-state index contributed by atoms with van der Waals surface area (Å²) in [7, 11) is 3.86. The summed E-state index contributed by atoms with van der Waals surface area (Å²) in [6.07, 6.45) is 2.70. The summed E-state index contributed by atoms with van der Waals surface area (Å²) in [5.41, 5.74) is 5.26. The maximum absolute atomic E-state index is 13.8. The molecular formula is C30H32N4O3. The van der Waals surface area contributed by atoms with E-state index < -0.39 is 5.97 Å². The number of carbonyl (C=O) groups is 2. The monoisotopic (exact) mass is 496 g/mol. The zero-order valence-electron chi connectivity index (χ0n) is 21.5. The Kier molecular flexibility index (Phi) is 6.97. The predicted molar refractivity (Wildman–Crippen MR) is 148 cm³/mol. The highest BCUT2D eigenvalue weighted by Gasteiger charge is 2.26. The van der Waals surface area contributed by atoms with Crippen molar-refractivity contribution in [3.63, 3.8) is 0 Å². The number of hydrogen-bond donors (Lipinski definition) is 2. The molecule has 0 radical (unpaired) electrons. The first-order chi connectivity index (χ1) is 17.9. The number of ether oxygens (including phenoxy) is 1. The Morgan fingerprint density at radius 1 is 1.05 bits per heavy atom. The molecule has 190 valence electrons. The summed E-state index contributed by atoms with van der Waals surface area (Å²) in [4.78, 5) is 34.1. The Morgan fingerprint density at radius 3 is 2.73 bits per heavy atom. The van der Waals surface area contributed by atoms with Crippen molar-refractivity contribution in [2.24, 2.45) is 0 Å².